The molecule has 1 atom stereocenters. The standard InChI is InChI=1S/C19H32N2O3/c1-2-16(4-6-22)21-17(23)3-5-20-18(24)19-10-13-7-14(11-19)9-15(8-13)12-19/h13-16,22H,2-12H2,1H3,(H,20,24)(H,21,23). The zero-order valence-electron chi connectivity index (χ0n) is 14.9. The van der Waals surface area contributed by atoms with E-state index in [2.05, 4.69) is 10.6 Å². The molecule has 0 aromatic rings. The van der Waals surface area contributed by atoms with E-state index in [4.69, 9.17) is 5.11 Å². The monoisotopic (exact) mass is 336 g/mol. The van der Waals surface area contributed by atoms with Crippen molar-refractivity contribution in [2.45, 2.75) is 70.8 Å². The van der Waals surface area contributed by atoms with Crippen molar-refractivity contribution in [3.8, 4) is 0 Å². The maximum atomic E-state index is 12.8. The van der Waals surface area contributed by atoms with E-state index in [1.807, 2.05) is 6.92 Å². The summed E-state index contributed by atoms with van der Waals surface area (Å²) in [4.78, 5) is 24.8. The third kappa shape index (κ3) is 3.76. The van der Waals surface area contributed by atoms with Crippen LogP contribution in [0, 0.1) is 23.2 Å². The second-order valence-electron chi connectivity index (χ2n) is 8.39. The van der Waals surface area contributed by atoms with Gasteiger partial charge in [-0.15, -0.1) is 0 Å². The normalized spacial score (nSPS) is 34.8. The average Bonchev–Trinajstić information content (AvgIpc) is 2.53. The summed E-state index contributed by atoms with van der Waals surface area (Å²) in [6.45, 7) is 2.50. The molecule has 3 N–H and O–H groups in total. The van der Waals surface area contributed by atoms with Gasteiger partial charge in [0, 0.05) is 31.0 Å². The topological polar surface area (TPSA) is 78.4 Å². The van der Waals surface area contributed by atoms with Gasteiger partial charge in [-0.1, -0.05) is 6.92 Å². The van der Waals surface area contributed by atoms with Crippen LogP contribution in [0.4, 0.5) is 0 Å². The molecule has 136 valence electrons. The summed E-state index contributed by atoms with van der Waals surface area (Å²) in [5.74, 6) is 2.43. The number of hydrogen-bond acceptors (Lipinski definition) is 3. The summed E-state index contributed by atoms with van der Waals surface area (Å²) in [6.07, 6.45) is 8.89. The van der Waals surface area contributed by atoms with Gasteiger partial charge in [-0.05, 0) is 69.1 Å². The molecular weight excluding hydrogens is 304 g/mol. The van der Waals surface area contributed by atoms with Crippen molar-refractivity contribution in [2.75, 3.05) is 13.2 Å². The predicted molar refractivity (Wildman–Crippen MR) is 92.2 cm³/mol. The van der Waals surface area contributed by atoms with Gasteiger partial charge in [0.25, 0.3) is 0 Å². The lowest BCUT2D eigenvalue weighted by atomic mass is 9.49. The first-order chi connectivity index (χ1) is 11.5. The number of rotatable bonds is 8. The van der Waals surface area contributed by atoms with Crippen LogP contribution in [0.2, 0.25) is 0 Å². The molecular formula is C19H32N2O3. The Kier molecular flexibility index (Phi) is 5.48. The Morgan fingerprint density at radius 3 is 2.21 bits per heavy atom. The van der Waals surface area contributed by atoms with Crippen molar-refractivity contribution in [1.29, 1.82) is 0 Å². The molecule has 0 heterocycles. The van der Waals surface area contributed by atoms with Crippen molar-refractivity contribution < 1.29 is 14.7 Å². The van der Waals surface area contributed by atoms with Crippen LogP contribution in [0.15, 0.2) is 0 Å². The van der Waals surface area contributed by atoms with Crippen molar-refractivity contribution in [1.82, 2.24) is 10.6 Å². The Morgan fingerprint density at radius 2 is 1.71 bits per heavy atom. The van der Waals surface area contributed by atoms with Gasteiger partial charge in [0.2, 0.25) is 11.8 Å². The first-order valence-electron chi connectivity index (χ1n) is 9.73. The second kappa shape index (κ2) is 7.42. The molecule has 0 spiro atoms. The Balaban J connectivity index is 1.44. The van der Waals surface area contributed by atoms with E-state index in [-0.39, 0.29) is 29.9 Å². The SMILES string of the molecule is CCC(CCO)NC(=O)CCNC(=O)C12CC3CC(CC(C3)C1)C2. The molecule has 4 aliphatic carbocycles. The predicted octanol–water partition coefficient (Wildman–Crippen LogP) is 1.99. The third-order valence-corrected chi connectivity index (χ3v) is 6.49. The van der Waals surface area contributed by atoms with Crippen molar-refractivity contribution in [3.63, 3.8) is 0 Å². The third-order valence-electron chi connectivity index (χ3n) is 6.49. The molecule has 4 bridgehead atoms. The molecule has 5 heteroatoms. The summed E-state index contributed by atoms with van der Waals surface area (Å²) in [5, 5.41) is 14.9. The highest BCUT2D eigenvalue weighted by atomic mass is 16.3. The number of aliphatic hydroxyl groups excluding tert-OH is 1. The van der Waals surface area contributed by atoms with Gasteiger partial charge in [-0.3, -0.25) is 9.59 Å². The fourth-order valence-electron chi connectivity index (χ4n) is 5.70. The first kappa shape index (κ1) is 17.7. The van der Waals surface area contributed by atoms with Crippen molar-refractivity contribution >= 4 is 11.8 Å². The van der Waals surface area contributed by atoms with Gasteiger partial charge in [0.1, 0.15) is 0 Å². The van der Waals surface area contributed by atoms with Crippen LogP contribution in [0.1, 0.15) is 64.7 Å². The molecule has 24 heavy (non-hydrogen) atoms. The molecule has 4 fully saturated rings. The molecule has 4 saturated carbocycles. The summed E-state index contributed by atoms with van der Waals surface area (Å²) >= 11 is 0. The number of aliphatic hydroxyl groups is 1. The lowest BCUT2D eigenvalue weighted by molar-refractivity contribution is -0.146. The number of carbonyl (C=O) groups is 2. The lowest BCUT2D eigenvalue weighted by Crippen LogP contribution is -2.53. The second-order valence-corrected chi connectivity index (χ2v) is 8.39. The van der Waals surface area contributed by atoms with Crippen LogP contribution in [0.5, 0.6) is 0 Å². The van der Waals surface area contributed by atoms with E-state index in [0.29, 0.717) is 19.4 Å². The van der Waals surface area contributed by atoms with Crippen LogP contribution in [-0.2, 0) is 9.59 Å². The van der Waals surface area contributed by atoms with Crippen LogP contribution in [0.25, 0.3) is 0 Å². The maximum absolute atomic E-state index is 12.8. The van der Waals surface area contributed by atoms with Crippen LogP contribution >= 0.6 is 0 Å². The quantitative estimate of drug-likeness (QED) is 0.634. The molecule has 4 rings (SSSR count). The van der Waals surface area contributed by atoms with Crippen LogP contribution in [-0.4, -0.2) is 36.1 Å². The Hall–Kier alpha value is -1.10. The van der Waals surface area contributed by atoms with Gasteiger partial charge in [-0.25, -0.2) is 0 Å². The van der Waals surface area contributed by atoms with Crippen molar-refractivity contribution in [3.05, 3.63) is 0 Å². The van der Waals surface area contributed by atoms with Crippen molar-refractivity contribution in [2.24, 2.45) is 23.2 Å². The molecule has 4 aliphatic rings. The summed E-state index contributed by atoms with van der Waals surface area (Å²) in [5.41, 5.74) is -0.131. The molecule has 1 unspecified atom stereocenters. The highest BCUT2D eigenvalue weighted by Gasteiger charge is 2.54. The minimum atomic E-state index is -0.131. The summed E-state index contributed by atoms with van der Waals surface area (Å²) < 4.78 is 0. The van der Waals surface area contributed by atoms with Gasteiger partial charge in [0.05, 0.1) is 0 Å². The van der Waals surface area contributed by atoms with Gasteiger partial charge >= 0.3 is 0 Å². The molecule has 5 nitrogen and oxygen atoms in total. The molecule has 0 radical (unpaired) electrons. The van der Waals surface area contributed by atoms with E-state index in [9.17, 15) is 9.59 Å². The number of carbonyl (C=O) groups excluding carboxylic acids is 2. The summed E-state index contributed by atoms with van der Waals surface area (Å²) in [6, 6.07) is 0.0290. The molecule has 0 aromatic heterocycles. The minimum Gasteiger partial charge on any atom is -0.396 e. The van der Waals surface area contributed by atoms with E-state index in [0.717, 1.165) is 43.4 Å². The number of hydrogen-bond donors (Lipinski definition) is 3. The fourth-order valence-corrected chi connectivity index (χ4v) is 5.70. The smallest absolute Gasteiger partial charge is 0.226 e. The zero-order valence-corrected chi connectivity index (χ0v) is 14.9. The van der Waals surface area contributed by atoms with E-state index < -0.39 is 0 Å². The number of nitrogens with one attached hydrogen (secondary N) is 2. The maximum Gasteiger partial charge on any atom is 0.226 e. The molecule has 2 amide bonds. The zero-order chi connectivity index (χ0) is 17.2. The minimum absolute atomic E-state index is 0.0290. The Labute approximate surface area is 145 Å². The number of amides is 2. The molecule has 0 aromatic carbocycles. The Morgan fingerprint density at radius 1 is 1.12 bits per heavy atom. The van der Waals surface area contributed by atoms with E-state index in [1.165, 1.54) is 19.3 Å². The average molecular weight is 336 g/mol. The highest BCUT2D eigenvalue weighted by molar-refractivity contribution is 5.84. The highest BCUT2D eigenvalue weighted by Crippen LogP contribution is 2.60. The fraction of sp³-hybridized carbons (Fsp3) is 0.895. The van der Waals surface area contributed by atoms with Gasteiger partial charge < -0.3 is 15.7 Å². The van der Waals surface area contributed by atoms with Crippen LogP contribution < -0.4 is 10.6 Å². The van der Waals surface area contributed by atoms with E-state index in [1.54, 1.807) is 0 Å². The lowest BCUT2D eigenvalue weighted by Gasteiger charge is -2.55. The molecule has 0 aliphatic heterocycles. The largest absolute Gasteiger partial charge is 0.396 e. The summed E-state index contributed by atoms with van der Waals surface area (Å²) in [7, 11) is 0. The molecule has 0 saturated heterocycles. The first-order valence-corrected chi connectivity index (χ1v) is 9.73. The van der Waals surface area contributed by atoms with Gasteiger partial charge in [-0.2, -0.15) is 0 Å². The Bertz CT molecular complexity index is 442. The van der Waals surface area contributed by atoms with Crippen LogP contribution in [0.3, 0.4) is 0 Å². The van der Waals surface area contributed by atoms with E-state index >= 15 is 0 Å². The van der Waals surface area contributed by atoms with Gasteiger partial charge in [0.15, 0.2) is 0 Å².